The van der Waals surface area contributed by atoms with Crippen molar-refractivity contribution in [2.24, 2.45) is 5.41 Å². The van der Waals surface area contributed by atoms with Gasteiger partial charge in [-0.05, 0) is 55.6 Å². The molecule has 2 aliphatic carbocycles. The number of hydrogen-bond acceptors (Lipinski definition) is 1. The van der Waals surface area contributed by atoms with E-state index in [0.717, 1.165) is 44.9 Å². The molecule has 1 N–H and O–H groups in total. The van der Waals surface area contributed by atoms with Gasteiger partial charge >= 0.3 is 5.97 Å². The van der Waals surface area contributed by atoms with Gasteiger partial charge in [-0.1, -0.05) is 37.1 Å². The number of carboxylic acids is 1. The Morgan fingerprint density at radius 1 is 1.21 bits per heavy atom. The number of aryl methyl sites for hydroxylation is 1. The molecule has 1 saturated carbocycles. The van der Waals surface area contributed by atoms with Crippen molar-refractivity contribution in [2.75, 3.05) is 0 Å². The third kappa shape index (κ3) is 2.29. The van der Waals surface area contributed by atoms with Crippen LogP contribution >= 0.6 is 0 Å². The van der Waals surface area contributed by atoms with Crippen molar-refractivity contribution in [1.82, 2.24) is 0 Å². The second kappa shape index (κ2) is 4.99. The molecular formula is C17H22O2. The van der Waals surface area contributed by atoms with Gasteiger partial charge in [-0.2, -0.15) is 0 Å². The van der Waals surface area contributed by atoms with Crippen LogP contribution in [0.5, 0.6) is 0 Å². The van der Waals surface area contributed by atoms with Crippen LogP contribution in [0.25, 0.3) is 0 Å². The van der Waals surface area contributed by atoms with Crippen LogP contribution < -0.4 is 0 Å². The topological polar surface area (TPSA) is 37.3 Å². The number of benzene rings is 1. The van der Waals surface area contributed by atoms with Crippen LogP contribution in [0, 0.1) is 5.41 Å². The normalized spacial score (nSPS) is 24.9. The van der Waals surface area contributed by atoms with Gasteiger partial charge in [0.1, 0.15) is 0 Å². The quantitative estimate of drug-likeness (QED) is 0.884. The summed E-state index contributed by atoms with van der Waals surface area (Å²) in [5.74, 6) is -0.104. The monoisotopic (exact) mass is 258 g/mol. The van der Waals surface area contributed by atoms with E-state index in [4.69, 9.17) is 0 Å². The fourth-order valence-electron chi connectivity index (χ4n) is 4.10. The number of carbonyl (C=O) groups is 1. The molecule has 19 heavy (non-hydrogen) atoms. The van der Waals surface area contributed by atoms with E-state index < -0.39 is 11.4 Å². The zero-order chi connectivity index (χ0) is 13.3. The lowest BCUT2D eigenvalue weighted by molar-refractivity contribution is -0.149. The first-order valence-corrected chi connectivity index (χ1v) is 7.52. The lowest BCUT2D eigenvalue weighted by Crippen LogP contribution is -2.30. The fraction of sp³-hybridized carbons (Fsp3) is 0.588. The van der Waals surface area contributed by atoms with Crippen LogP contribution in [-0.4, -0.2) is 11.1 Å². The molecule has 1 unspecified atom stereocenters. The van der Waals surface area contributed by atoms with E-state index in [0.29, 0.717) is 5.92 Å². The molecule has 0 heterocycles. The van der Waals surface area contributed by atoms with Gasteiger partial charge in [-0.3, -0.25) is 4.79 Å². The maximum Gasteiger partial charge on any atom is 0.309 e. The van der Waals surface area contributed by atoms with Gasteiger partial charge in [0, 0.05) is 0 Å². The molecule has 0 amide bonds. The first-order valence-electron chi connectivity index (χ1n) is 7.52. The first-order chi connectivity index (χ1) is 9.21. The molecule has 2 heteroatoms. The Labute approximate surface area is 114 Å². The van der Waals surface area contributed by atoms with E-state index in [1.165, 1.54) is 17.5 Å². The van der Waals surface area contributed by atoms with Gasteiger partial charge < -0.3 is 5.11 Å². The SMILES string of the molecule is O=C(O)C1(CC2CCCc3ccccc32)CCCC1. The van der Waals surface area contributed by atoms with E-state index in [9.17, 15) is 9.90 Å². The molecule has 1 aromatic rings. The standard InChI is InChI=1S/C17H22O2/c18-16(19)17(10-3-4-11-17)12-14-8-5-7-13-6-1-2-9-15(13)14/h1-2,6,9,14H,3-5,7-8,10-12H2,(H,18,19). The Morgan fingerprint density at radius 2 is 1.95 bits per heavy atom. The third-order valence-electron chi connectivity index (χ3n) is 5.15. The van der Waals surface area contributed by atoms with Crippen molar-refractivity contribution >= 4 is 5.97 Å². The molecule has 0 radical (unpaired) electrons. The highest BCUT2D eigenvalue weighted by atomic mass is 16.4. The van der Waals surface area contributed by atoms with Gasteiger partial charge in [0.25, 0.3) is 0 Å². The molecule has 0 saturated heterocycles. The summed E-state index contributed by atoms with van der Waals surface area (Å²) < 4.78 is 0. The molecule has 0 aliphatic heterocycles. The van der Waals surface area contributed by atoms with Gasteiger partial charge in [0.15, 0.2) is 0 Å². The molecule has 3 rings (SSSR count). The second-order valence-corrected chi connectivity index (χ2v) is 6.28. The fourth-order valence-corrected chi connectivity index (χ4v) is 4.10. The highest BCUT2D eigenvalue weighted by Crippen LogP contribution is 2.48. The summed E-state index contributed by atoms with van der Waals surface area (Å²) in [7, 11) is 0. The Morgan fingerprint density at radius 3 is 2.68 bits per heavy atom. The molecule has 0 spiro atoms. The summed E-state index contributed by atoms with van der Waals surface area (Å²) in [6, 6.07) is 8.62. The first kappa shape index (κ1) is 12.7. The van der Waals surface area contributed by atoms with Crippen molar-refractivity contribution in [2.45, 2.75) is 57.3 Å². The molecule has 0 bridgehead atoms. The molecule has 0 aromatic heterocycles. The number of aliphatic carboxylic acids is 1. The van der Waals surface area contributed by atoms with Crippen LogP contribution in [0.15, 0.2) is 24.3 Å². The Balaban J connectivity index is 1.86. The second-order valence-electron chi connectivity index (χ2n) is 6.28. The Hall–Kier alpha value is -1.31. The van der Waals surface area contributed by atoms with Crippen molar-refractivity contribution < 1.29 is 9.90 Å². The summed E-state index contributed by atoms with van der Waals surface area (Å²) in [6.45, 7) is 0. The van der Waals surface area contributed by atoms with Gasteiger partial charge in [-0.25, -0.2) is 0 Å². The average molecular weight is 258 g/mol. The summed E-state index contributed by atoms with van der Waals surface area (Å²) in [5, 5.41) is 9.64. The number of carboxylic acid groups (broad SMARTS) is 1. The maximum atomic E-state index is 11.7. The van der Waals surface area contributed by atoms with E-state index in [-0.39, 0.29) is 0 Å². The zero-order valence-electron chi connectivity index (χ0n) is 11.4. The molecule has 1 aromatic carbocycles. The molecule has 1 atom stereocenters. The summed E-state index contributed by atoms with van der Waals surface area (Å²) >= 11 is 0. The minimum atomic E-state index is -0.562. The summed E-state index contributed by atoms with van der Waals surface area (Å²) in [4.78, 5) is 11.7. The van der Waals surface area contributed by atoms with E-state index in [1.807, 2.05) is 0 Å². The van der Waals surface area contributed by atoms with E-state index in [2.05, 4.69) is 24.3 Å². The average Bonchev–Trinajstić information content (AvgIpc) is 2.89. The van der Waals surface area contributed by atoms with Crippen molar-refractivity contribution in [3.63, 3.8) is 0 Å². The van der Waals surface area contributed by atoms with Gasteiger partial charge in [-0.15, -0.1) is 0 Å². The van der Waals surface area contributed by atoms with Crippen LogP contribution in [0.1, 0.15) is 62.0 Å². The lowest BCUT2D eigenvalue weighted by atomic mass is 9.71. The van der Waals surface area contributed by atoms with Crippen LogP contribution in [-0.2, 0) is 11.2 Å². The van der Waals surface area contributed by atoms with Crippen LogP contribution in [0.4, 0.5) is 0 Å². The van der Waals surface area contributed by atoms with E-state index in [1.54, 1.807) is 0 Å². The molecule has 102 valence electrons. The smallest absolute Gasteiger partial charge is 0.309 e. The maximum absolute atomic E-state index is 11.7. The minimum absolute atomic E-state index is 0.435. The summed E-state index contributed by atoms with van der Waals surface area (Å²) in [5.41, 5.74) is 2.42. The van der Waals surface area contributed by atoms with Gasteiger partial charge in [0.05, 0.1) is 5.41 Å². The summed E-state index contributed by atoms with van der Waals surface area (Å²) in [6.07, 6.45) is 8.29. The zero-order valence-corrected chi connectivity index (χ0v) is 11.4. The Kier molecular flexibility index (Phi) is 3.34. The van der Waals surface area contributed by atoms with E-state index >= 15 is 0 Å². The lowest BCUT2D eigenvalue weighted by Gasteiger charge is -2.32. The number of rotatable bonds is 3. The molecule has 1 fully saturated rings. The molecule has 2 aliphatic rings. The largest absolute Gasteiger partial charge is 0.481 e. The highest BCUT2D eigenvalue weighted by Gasteiger charge is 2.43. The highest BCUT2D eigenvalue weighted by molar-refractivity contribution is 5.75. The Bertz CT molecular complexity index is 472. The predicted octanol–water partition coefficient (Wildman–Crippen LogP) is 4.14. The van der Waals surface area contributed by atoms with Crippen molar-refractivity contribution in [1.29, 1.82) is 0 Å². The van der Waals surface area contributed by atoms with Gasteiger partial charge in [0.2, 0.25) is 0 Å². The third-order valence-corrected chi connectivity index (χ3v) is 5.15. The van der Waals surface area contributed by atoms with Crippen LogP contribution in [0.2, 0.25) is 0 Å². The number of fused-ring (bicyclic) bond motifs is 1. The molecule has 2 nitrogen and oxygen atoms in total. The number of hydrogen-bond donors (Lipinski definition) is 1. The molecular weight excluding hydrogens is 236 g/mol. The van der Waals surface area contributed by atoms with Crippen LogP contribution in [0.3, 0.4) is 0 Å². The van der Waals surface area contributed by atoms with Crippen molar-refractivity contribution in [3.05, 3.63) is 35.4 Å². The minimum Gasteiger partial charge on any atom is -0.481 e. The predicted molar refractivity (Wildman–Crippen MR) is 75.3 cm³/mol. The van der Waals surface area contributed by atoms with Crippen molar-refractivity contribution in [3.8, 4) is 0 Å².